The number of carbonyl (C=O) groups is 1. The van der Waals surface area contributed by atoms with Gasteiger partial charge in [-0.25, -0.2) is 0 Å². The zero-order valence-corrected chi connectivity index (χ0v) is 14.4. The Kier molecular flexibility index (Phi) is 7.25. The van der Waals surface area contributed by atoms with Gasteiger partial charge in [-0.15, -0.1) is 0 Å². The highest BCUT2D eigenvalue weighted by atomic mass is 35.5. The number of aliphatic hydroxyl groups excluding tert-OH is 1. The lowest BCUT2D eigenvalue weighted by Crippen LogP contribution is -2.32. The number of hydrogen-bond acceptors (Lipinski definition) is 4. The van der Waals surface area contributed by atoms with Crippen LogP contribution in [0.4, 0.5) is 0 Å². The van der Waals surface area contributed by atoms with Crippen molar-refractivity contribution in [3.8, 4) is 5.75 Å². The summed E-state index contributed by atoms with van der Waals surface area (Å²) in [5, 5.41) is 13.9. The van der Waals surface area contributed by atoms with Gasteiger partial charge in [0.1, 0.15) is 18.5 Å². The second-order valence-electron chi connectivity index (χ2n) is 5.63. The Labute approximate surface area is 147 Å². The Hall–Kier alpha value is -1.88. The van der Waals surface area contributed by atoms with Gasteiger partial charge < -0.3 is 15.2 Å². The fourth-order valence-corrected chi connectivity index (χ4v) is 2.33. The summed E-state index contributed by atoms with van der Waals surface area (Å²) in [4.78, 5) is 11.3. The van der Waals surface area contributed by atoms with Gasteiger partial charge in [0, 0.05) is 17.1 Å². The second kappa shape index (κ2) is 9.42. The Balaban J connectivity index is 1.66. The third-order valence-electron chi connectivity index (χ3n) is 3.57. The molecule has 0 aromatic heterocycles. The van der Waals surface area contributed by atoms with Crippen LogP contribution in [0.25, 0.3) is 0 Å². The molecule has 2 aromatic rings. The van der Waals surface area contributed by atoms with Gasteiger partial charge in [-0.3, -0.25) is 4.79 Å². The predicted molar refractivity (Wildman–Crippen MR) is 96.0 cm³/mol. The first-order valence-electron chi connectivity index (χ1n) is 7.91. The van der Waals surface area contributed by atoms with Crippen LogP contribution in [-0.2, 0) is 6.42 Å². The number of benzene rings is 2. The highest BCUT2D eigenvalue weighted by Crippen LogP contribution is 2.14. The molecule has 5 heteroatoms. The van der Waals surface area contributed by atoms with E-state index in [9.17, 15) is 9.90 Å². The maximum absolute atomic E-state index is 11.3. The average molecular weight is 348 g/mol. The topological polar surface area (TPSA) is 58.6 Å². The van der Waals surface area contributed by atoms with E-state index < -0.39 is 6.10 Å². The van der Waals surface area contributed by atoms with Gasteiger partial charge in [0.05, 0.1) is 0 Å². The number of carbonyl (C=O) groups excluding carboxylic acids is 1. The average Bonchev–Trinajstić information content (AvgIpc) is 2.58. The lowest BCUT2D eigenvalue weighted by molar-refractivity contribution is 0.101. The molecule has 0 fully saturated rings. The Bertz CT molecular complexity index is 658. The molecule has 0 amide bonds. The molecule has 0 aliphatic heterocycles. The van der Waals surface area contributed by atoms with Crippen LogP contribution in [-0.4, -0.2) is 36.7 Å². The maximum atomic E-state index is 11.3. The van der Waals surface area contributed by atoms with Crippen molar-refractivity contribution in [2.45, 2.75) is 19.4 Å². The molecular formula is C19H22ClNO3. The Morgan fingerprint density at radius 3 is 2.71 bits per heavy atom. The number of ether oxygens (including phenoxy) is 1. The minimum absolute atomic E-state index is 0.00938. The van der Waals surface area contributed by atoms with Crippen molar-refractivity contribution in [1.82, 2.24) is 5.32 Å². The Morgan fingerprint density at radius 2 is 2.00 bits per heavy atom. The van der Waals surface area contributed by atoms with Gasteiger partial charge in [-0.1, -0.05) is 35.9 Å². The molecule has 0 saturated heterocycles. The Morgan fingerprint density at radius 1 is 1.25 bits per heavy atom. The zero-order chi connectivity index (χ0) is 17.4. The predicted octanol–water partition coefficient (Wildman–Crippen LogP) is 3.11. The summed E-state index contributed by atoms with van der Waals surface area (Å²) in [6, 6.07) is 14.7. The fourth-order valence-electron chi connectivity index (χ4n) is 2.21. The molecule has 0 bridgehead atoms. The largest absolute Gasteiger partial charge is 0.491 e. The van der Waals surface area contributed by atoms with Gasteiger partial charge in [0.15, 0.2) is 5.78 Å². The monoisotopic (exact) mass is 347 g/mol. The summed E-state index contributed by atoms with van der Waals surface area (Å²) in [6.07, 6.45) is 0.252. The van der Waals surface area contributed by atoms with Crippen LogP contribution in [0.3, 0.4) is 0 Å². The lowest BCUT2D eigenvalue weighted by Gasteiger charge is -2.13. The maximum Gasteiger partial charge on any atom is 0.159 e. The highest BCUT2D eigenvalue weighted by molar-refractivity contribution is 6.30. The van der Waals surface area contributed by atoms with Crippen molar-refractivity contribution in [3.05, 3.63) is 64.7 Å². The number of Topliss-reactive ketones (excluding diaryl/α,β-unsaturated/α-hetero) is 1. The van der Waals surface area contributed by atoms with E-state index in [2.05, 4.69) is 5.32 Å². The molecule has 0 spiro atoms. The lowest BCUT2D eigenvalue weighted by atomic mass is 10.1. The number of nitrogens with one attached hydrogen (secondary N) is 1. The van der Waals surface area contributed by atoms with Crippen molar-refractivity contribution < 1.29 is 14.6 Å². The first kappa shape index (κ1) is 18.5. The summed E-state index contributed by atoms with van der Waals surface area (Å²) in [5.74, 6) is 0.577. The summed E-state index contributed by atoms with van der Waals surface area (Å²) in [7, 11) is 0. The first-order valence-corrected chi connectivity index (χ1v) is 8.29. The van der Waals surface area contributed by atoms with Crippen LogP contribution in [0, 0.1) is 0 Å². The van der Waals surface area contributed by atoms with Crippen LogP contribution < -0.4 is 10.1 Å². The van der Waals surface area contributed by atoms with E-state index in [0.717, 1.165) is 18.0 Å². The van der Waals surface area contributed by atoms with Gasteiger partial charge in [0.2, 0.25) is 0 Å². The van der Waals surface area contributed by atoms with Crippen LogP contribution in [0.15, 0.2) is 48.5 Å². The van der Waals surface area contributed by atoms with Crippen LogP contribution >= 0.6 is 11.6 Å². The molecule has 0 aliphatic rings. The van der Waals surface area contributed by atoms with Gasteiger partial charge in [-0.05, 0) is 49.7 Å². The number of halogens is 1. The van der Waals surface area contributed by atoms with E-state index in [4.69, 9.17) is 16.3 Å². The molecule has 128 valence electrons. The van der Waals surface area contributed by atoms with Crippen molar-refractivity contribution in [1.29, 1.82) is 0 Å². The van der Waals surface area contributed by atoms with Gasteiger partial charge in [0.25, 0.3) is 0 Å². The molecule has 0 heterocycles. The van der Waals surface area contributed by atoms with E-state index in [1.165, 1.54) is 12.5 Å². The van der Waals surface area contributed by atoms with Gasteiger partial charge in [-0.2, -0.15) is 0 Å². The minimum Gasteiger partial charge on any atom is -0.491 e. The quantitative estimate of drug-likeness (QED) is 0.540. The molecule has 2 N–H and O–H groups in total. The highest BCUT2D eigenvalue weighted by Gasteiger charge is 2.06. The second-order valence-corrected chi connectivity index (χ2v) is 6.07. The molecule has 0 radical (unpaired) electrons. The van der Waals surface area contributed by atoms with Crippen molar-refractivity contribution >= 4 is 17.4 Å². The molecule has 24 heavy (non-hydrogen) atoms. The SMILES string of the molecule is CC(=O)c1cccc(OCC(O)CNCCc2ccc(Cl)cc2)c1. The van der Waals surface area contributed by atoms with E-state index in [0.29, 0.717) is 17.9 Å². The van der Waals surface area contributed by atoms with Crippen LogP contribution in [0.2, 0.25) is 5.02 Å². The van der Waals surface area contributed by atoms with Crippen LogP contribution in [0.1, 0.15) is 22.8 Å². The van der Waals surface area contributed by atoms with Crippen LogP contribution in [0.5, 0.6) is 5.75 Å². The van der Waals surface area contributed by atoms with E-state index >= 15 is 0 Å². The molecule has 2 aromatic carbocycles. The third kappa shape index (κ3) is 6.32. The number of hydrogen-bond donors (Lipinski definition) is 2. The number of rotatable bonds is 9. The molecule has 0 saturated carbocycles. The summed E-state index contributed by atoms with van der Waals surface area (Å²) in [6.45, 7) is 2.90. The van der Waals surface area contributed by atoms with Crippen molar-refractivity contribution in [2.24, 2.45) is 0 Å². The molecule has 1 unspecified atom stereocenters. The summed E-state index contributed by atoms with van der Waals surface area (Å²) in [5.41, 5.74) is 1.79. The van der Waals surface area contributed by atoms with E-state index in [-0.39, 0.29) is 12.4 Å². The summed E-state index contributed by atoms with van der Waals surface area (Å²) < 4.78 is 5.53. The number of ketones is 1. The van der Waals surface area contributed by atoms with Crippen molar-refractivity contribution in [2.75, 3.05) is 19.7 Å². The van der Waals surface area contributed by atoms with Gasteiger partial charge >= 0.3 is 0 Å². The zero-order valence-electron chi connectivity index (χ0n) is 13.7. The first-order chi connectivity index (χ1) is 11.5. The standard InChI is InChI=1S/C19H22ClNO3/c1-14(22)16-3-2-4-19(11-16)24-13-18(23)12-21-10-9-15-5-7-17(20)8-6-15/h2-8,11,18,21,23H,9-10,12-13H2,1H3. The number of aliphatic hydroxyl groups is 1. The third-order valence-corrected chi connectivity index (χ3v) is 3.82. The normalized spacial score (nSPS) is 12.0. The fraction of sp³-hybridized carbons (Fsp3) is 0.316. The minimum atomic E-state index is -0.615. The summed E-state index contributed by atoms with van der Waals surface area (Å²) >= 11 is 5.85. The van der Waals surface area contributed by atoms with E-state index in [1.54, 1.807) is 24.3 Å². The molecule has 0 aliphatic carbocycles. The molecular weight excluding hydrogens is 326 g/mol. The molecule has 4 nitrogen and oxygen atoms in total. The molecule has 1 atom stereocenters. The molecule has 2 rings (SSSR count). The smallest absolute Gasteiger partial charge is 0.159 e. The van der Waals surface area contributed by atoms with E-state index in [1.807, 2.05) is 24.3 Å². The van der Waals surface area contributed by atoms with Crippen molar-refractivity contribution in [3.63, 3.8) is 0 Å².